The van der Waals surface area contributed by atoms with Crippen LogP contribution in [-0.4, -0.2) is 17.0 Å². The molecule has 2 aliphatic rings. The summed E-state index contributed by atoms with van der Waals surface area (Å²) in [6.45, 7) is 0. The molecule has 0 amide bonds. The lowest BCUT2D eigenvalue weighted by molar-refractivity contribution is 0.0360. The lowest BCUT2D eigenvalue weighted by Gasteiger charge is -2.33. The molecule has 0 saturated heterocycles. The summed E-state index contributed by atoms with van der Waals surface area (Å²) in [4.78, 5) is 12.5. The summed E-state index contributed by atoms with van der Waals surface area (Å²) in [7, 11) is 0. The van der Waals surface area contributed by atoms with E-state index in [1.165, 1.54) is 44.9 Å². The number of hydrogen-bond acceptors (Lipinski definition) is 2. The molecule has 1 aromatic rings. The van der Waals surface area contributed by atoms with E-state index >= 15 is 0 Å². The van der Waals surface area contributed by atoms with Crippen molar-refractivity contribution < 1.29 is 9.90 Å². The molecule has 1 N–H and O–H groups in total. The first-order valence-electron chi connectivity index (χ1n) is 8.04. The highest BCUT2D eigenvalue weighted by Gasteiger charge is 2.43. The van der Waals surface area contributed by atoms with Crippen molar-refractivity contribution in [2.24, 2.45) is 17.8 Å². The van der Waals surface area contributed by atoms with E-state index in [4.69, 9.17) is 0 Å². The molecule has 1 aromatic carbocycles. The summed E-state index contributed by atoms with van der Waals surface area (Å²) >= 11 is 0. The minimum Gasteiger partial charge on any atom is -0.385 e. The second-order valence-electron chi connectivity index (χ2n) is 6.49. The monoisotopic (exact) mass is 272 g/mol. The van der Waals surface area contributed by atoms with Gasteiger partial charge in [-0.3, -0.25) is 4.79 Å². The molecule has 0 bridgehead atoms. The van der Waals surface area contributed by atoms with Crippen LogP contribution in [0.15, 0.2) is 30.3 Å². The van der Waals surface area contributed by atoms with E-state index in [0.29, 0.717) is 17.4 Å². The van der Waals surface area contributed by atoms with Crippen LogP contribution in [0.3, 0.4) is 0 Å². The second kappa shape index (κ2) is 6.09. The smallest absolute Gasteiger partial charge is 0.191 e. The van der Waals surface area contributed by atoms with Crippen molar-refractivity contribution in [3.05, 3.63) is 35.9 Å². The molecule has 3 rings (SSSR count). The molecule has 108 valence electrons. The van der Waals surface area contributed by atoms with Crippen LogP contribution in [0.5, 0.6) is 0 Å². The normalized spacial score (nSPS) is 23.2. The minimum absolute atomic E-state index is 0.0759. The Balaban J connectivity index is 1.75. The summed E-state index contributed by atoms with van der Waals surface area (Å²) in [5, 5.41) is 10.6. The maximum Gasteiger partial charge on any atom is 0.191 e. The topological polar surface area (TPSA) is 37.3 Å². The second-order valence-corrected chi connectivity index (χ2v) is 6.49. The Morgan fingerprint density at radius 3 is 2.15 bits per heavy atom. The molecule has 2 atom stereocenters. The van der Waals surface area contributed by atoms with Gasteiger partial charge in [-0.15, -0.1) is 0 Å². The van der Waals surface area contributed by atoms with Gasteiger partial charge in [0.25, 0.3) is 0 Å². The maximum absolute atomic E-state index is 12.5. The molecule has 0 aliphatic heterocycles. The van der Waals surface area contributed by atoms with Gasteiger partial charge in [0.15, 0.2) is 5.78 Å². The number of benzene rings is 1. The van der Waals surface area contributed by atoms with Crippen molar-refractivity contribution in [3.8, 4) is 0 Å². The number of hydrogen-bond donors (Lipinski definition) is 1. The Kier molecular flexibility index (Phi) is 4.21. The zero-order chi connectivity index (χ0) is 13.9. The van der Waals surface area contributed by atoms with E-state index in [9.17, 15) is 9.90 Å². The van der Waals surface area contributed by atoms with Gasteiger partial charge in [0.2, 0.25) is 0 Å². The molecule has 2 saturated carbocycles. The molecule has 2 fully saturated rings. The largest absolute Gasteiger partial charge is 0.385 e. The van der Waals surface area contributed by atoms with Crippen molar-refractivity contribution >= 4 is 5.78 Å². The summed E-state index contributed by atoms with van der Waals surface area (Å²) < 4.78 is 0. The van der Waals surface area contributed by atoms with Gasteiger partial charge >= 0.3 is 0 Å². The first-order valence-corrected chi connectivity index (χ1v) is 8.04. The zero-order valence-corrected chi connectivity index (χ0v) is 12.0. The quantitative estimate of drug-likeness (QED) is 0.827. The van der Waals surface area contributed by atoms with Crippen LogP contribution >= 0.6 is 0 Å². The Morgan fingerprint density at radius 1 is 0.950 bits per heavy atom. The molecule has 0 spiro atoms. The predicted molar refractivity (Wildman–Crippen MR) is 79.6 cm³/mol. The van der Waals surface area contributed by atoms with Crippen molar-refractivity contribution in [2.75, 3.05) is 0 Å². The SMILES string of the molecule is O=C(c1ccccc1)C(O)C(C1CCCCC1)C1CC1. The Bertz CT molecular complexity index is 444. The fourth-order valence-corrected chi connectivity index (χ4v) is 3.85. The number of Topliss-reactive ketones (excluding diaryl/α,β-unsaturated/α-hetero) is 1. The average Bonchev–Trinajstić information content (AvgIpc) is 3.33. The van der Waals surface area contributed by atoms with Crippen molar-refractivity contribution in [3.63, 3.8) is 0 Å². The maximum atomic E-state index is 12.5. The molecular weight excluding hydrogens is 248 g/mol. The molecule has 0 aromatic heterocycles. The zero-order valence-electron chi connectivity index (χ0n) is 12.0. The van der Waals surface area contributed by atoms with Gasteiger partial charge in [-0.2, -0.15) is 0 Å². The number of aliphatic hydroxyl groups is 1. The Hall–Kier alpha value is -1.15. The lowest BCUT2D eigenvalue weighted by Crippen LogP contribution is -2.37. The molecule has 20 heavy (non-hydrogen) atoms. The number of rotatable bonds is 5. The lowest BCUT2D eigenvalue weighted by atomic mass is 9.73. The van der Waals surface area contributed by atoms with E-state index in [2.05, 4.69) is 0 Å². The fourth-order valence-electron chi connectivity index (χ4n) is 3.85. The predicted octanol–water partition coefficient (Wildman–Crippen LogP) is 3.84. The summed E-state index contributed by atoms with van der Waals surface area (Å²) in [6, 6.07) is 9.27. The molecule has 2 unspecified atom stereocenters. The molecule has 0 heterocycles. The van der Waals surface area contributed by atoms with Crippen LogP contribution in [0.4, 0.5) is 0 Å². The third-order valence-electron chi connectivity index (χ3n) is 5.05. The summed E-state index contributed by atoms with van der Waals surface area (Å²) in [6.07, 6.45) is 7.82. The van der Waals surface area contributed by atoms with Gasteiger partial charge in [0.05, 0.1) is 0 Å². The van der Waals surface area contributed by atoms with Crippen molar-refractivity contribution in [1.29, 1.82) is 0 Å². The highest BCUT2D eigenvalue weighted by molar-refractivity contribution is 5.99. The summed E-state index contributed by atoms with van der Waals surface area (Å²) in [5.41, 5.74) is 0.654. The Labute approximate surface area is 121 Å². The average molecular weight is 272 g/mol. The first-order chi connectivity index (χ1) is 9.77. The van der Waals surface area contributed by atoms with E-state index in [0.717, 1.165) is 0 Å². The van der Waals surface area contributed by atoms with Gasteiger partial charge < -0.3 is 5.11 Å². The Morgan fingerprint density at radius 2 is 1.55 bits per heavy atom. The van der Waals surface area contributed by atoms with Crippen LogP contribution < -0.4 is 0 Å². The highest BCUT2D eigenvalue weighted by atomic mass is 16.3. The van der Waals surface area contributed by atoms with Gasteiger partial charge in [-0.25, -0.2) is 0 Å². The highest BCUT2D eigenvalue weighted by Crippen LogP contribution is 2.46. The van der Waals surface area contributed by atoms with Gasteiger partial charge in [0, 0.05) is 5.56 Å². The van der Waals surface area contributed by atoms with Crippen LogP contribution in [0.25, 0.3) is 0 Å². The van der Waals surface area contributed by atoms with E-state index < -0.39 is 6.10 Å². The molecule has 2 nitrogen and oxygen atoms in total. The standard InChI is InChI=1S/C18H24O2/c19-17(15-9-5-2-6-10-15)18(20)16(14-11-12-14)13-7-3-1-4-8-13/h2,5-6,9-10,13-14,16,18,20H,1,3-4,7-8,11-12H2. The third kappa shape index (κ3) is 2.95. The summed E-state index contributed by atoms with van der Waals surface area (Å²) in [5.74, 6) is 1.26. The van der Waals surface area contributed by atoms with Crippen LogP contribution in [0.2, 0.25) is 0 Å². The molecular formula is C18H24O2. The van der Waals surface area contributed by atoms with Crippen LogP contribution in [-0.2, 0) is 0 Å². The first kappa shape index (κ1) is 13.8. The minimum atomic E-state index is -0.798. The van der Waals surface area contributed by atoms with Crippen LogP contribution in [0, 0.1) is 17.8 Å². The van der Waals surface area contributed by atoms with E-state index in [1.807, 2.05) is 30.3 Å². The number of ketones is 1. The molecule has 0 radical (unpaired) electrons. The van der Waals surface area contributed by atoms with Crippen molar-refractivity contribution in [2.45, 2.75) is 51.0 Å². The molecule has 2 heteroatoms. The van der Waals surface area contributed by atoms with Crippen LogP contribution in [0.1, 0.15) is 55.3 Å². The van der Waals surface area contributed by atoms with Gasteiger partial charge in [0.1, 0.15) is 6.10 Å². The fraction of sp³-hybridized carbons (Fsp3) is 0.611. The van der Waals surface area contributed by atoms with Crippen molar-refractivity contribution in [1.82, 2.24) is 0 Å². The third-order valence-corrected chi connectivity index (χ3v) is 5.05. The van der Waals surface area contributed by atoms with E-state index in [-0.39, 0.29) is 11.7 Å². The van der Waals surface area contributed by atoms with E-state index in [1.54, 1.807) is 0 Å². The number of carbonyl (C=O) groups excluding carboxylic acids is 1. The molecule has 2 aliphatic carbocycles. The number of aliphatic hydroxyl groups excluding tert-OH is 1. The van der Waals surface area contributed by atoms with Gasteiger partial charge in [-0.1, -0.05) is 62.4 Å². The number of carbonyl (C=O) groups is 1. The van der Waals surface area contributed by atoms with Gasteiger partial charge in [-0.05, 0) is 30.6 Å².